The molecule has 18 heavy (non-hydrogen) atoms. The first-order chi connectivity index (χ1) is 8.22. The molecule has 0 fully saturated rings. The van der Waals surface area contributed by atoms with E-state index in [1.54, 1.807) is 0 Å². The summed E-state index contributed by atoms with van der Waals surface area (Å²) >= 11 is 0. The van der Waals surface area contributed by atoms with Crippen molar-refractivity contribution in [2.24, 2.45) is 0 Å². The van der Waals surface area contributed by atoms with Gasteiger partial charge in [0.2, 0.25) is 11.9 Å². The van der Waals surface area contributed by atoms with Gasteiger partial charge in [-0.05, 0) is 24.6 Å². The molecule has 0 N–H and O–H groups in total. The van der Waals surface area contributed by atoms with E-state index < -0.39 is 0 Å². The summed E-state index contributed by atoms with van der Waals surface area (Å²) < 4.78 is 2.20. The lowest BCUT2D eigenvalue weighted by Crippen LogP contribution is -3.00. The van der Waals surface area contributed by atoms with E-state index in [0.717, 1.165) is 6.42 Å². The second kappa shape index (κ2) is 6.41. The zero-order valence-electron chi connectivity index (χ0n) is 11.1. The highest BCUT2D eigenvalue weighted by atomic mass is 35.5. The van der Waals surface area contributed by atoms with Crippen LogP contribution in [0.5, 0.6) is 0 Å². The summed E-state index contributed by atoms with van der Waals surface area (Å²) in [6, 6.07) is 14.8. The molecule has 96 valence electrons. The van der Waals surface area contributed by atoms with E-state index in [9.17, 15) is 0 Å². The normalized spacial score (nSPS) is 9.72. The van der Waals surface area contributed by atoms with Crippen LogP contribution in [0.25, 0.3) is 0 Å². The fraction of sp³-hybridized carbons (Fsp3) is 0.267. The third-order valence-corrected chi connectivity index (χ3v) is 2.98. The zero-order valence-corrected chi connectivity index (χ0v) is 11.9. The highest BCUT2D eigenvalue weighted by Gasteiger charge is 2.15. The molecule has 2 aromatic rings. The van der Waals surface area contributed by atoms with E-state index in [1.807, 2.05) is 6.07 Å². The van der Waals surface area contributed by atoms with Crippen LogP contribution in [-0.2, 0) is 6.42 Å². The maximum absolute atomic E-state index is 2.24. The molecule has 2 nitrogen and oxygen atoms in total. The smallest absolute Gasteiger partial charge is 0.212 e. The molecule has 1 heterocycles. The first-order valence-electron chi connectivity index (χ1n) is 6.02. The summed E-state index contributed by atoms with van der Waals surface area (Å²) in [6.45, 7) is 4.32. The van der Waals surface area contributed by atoms with Crippen LogP contribution in [0.2, 0.25) is 0 Å². The molecule has 0 unspecified atom stereocenters. The van der Waals surface area contributed by atoms with Crippen LogP contribution in [0.3, 0.4) is 0 Å². The van der Waals surface area contributed by atoms with Crippen molar-refractivity contribution in [1.82, 2.24) is 0 Å². The predicted octanol–water partition coefficient (Wildman–Crippen LogP) is -0.252. The lowest BCUT2D eigenvalue weighted by Gasteiger charge is -2.14. The second-order valence-electron chi connectivity index (χ2n) is 4.25. The van der Waals surface area contributed by atoms with E-state index in [0.29, 0.717) is 0 Å². The van der Waals surface area contributed by atoms with Crippen LogP contribution in [0.15, 0.2) is 48.7 Å². The van der Waals surface area contributed by atoms with Gasteiger partial charge in [-0.3, -0.25) is 0 Å². The number of anilines is 1. The summed E-state index contributed by atoms with van der Waals surface area (Å²) in [5.74, 6) is 0. The predicted molar refractivity (Wildman–Crippen MR) is 71.0 cm³/mol. The Balaban J connectivity index is 0.00000162. The Hall–Kier alpha value is -1.54. The number of aryl methyl sites for hydroxylation is 2. The van der Waals surface area contributed by atoms with Crippen LogP contribution < -0.4 is 22.1 Å². The highest BCUT2D eigenvalue weighted by Crippen LogP contribution is 2.10. The minimum absolute atomic E-state index is 0. The van der Waals surface area contributed by atoms with Crippen LogP contribution in [0.1, 0.15) is 18.2 Å². The average Bonchev–Trinajstić information content (AvgIpc) is 2.39. The van der Waals surface area contributed by atoms with Gasteiger partial charge in [-0.2, -0.15) is 5.01 Å². The van der Waals surface area contributed by atoms with Gasteiger partial charge in [-0.15, -0.1) is 0 Å². The number of halogens is 1. The van der Waals surface area contributed by atoms with E-state index in [-0.39, 0.29) is 12.4 Å². The monoisotopic (exact) mass is 262 g/mol. The fourth-order valence-electron chi connectivity index (χ4n) is 1.99. The molecule has 1 aromatic heterocycles. The van der Waals surface area contributed by atoms with Crippen molar-refractivity contribution in [3.05, 3.63) is 59.9 Å². The molecule has 0 aliphatic carbocycles. The molecule has 0 radical (unpaired) electrons. The Morgan fingerprint density at radius 2 is 1.78 bits per heavy atom. The summed E-state index contributed by atoms with van der Waals surface area (Å²) in [6.07, 6.45) is 3.15. The van der Waals surface area contributed by atoms with Gasteiger partial charge in [0, 0.05) is 18.6 Å². The molecule has 0 bridgehead atoms. The lowest BCUT2D eigenvalue weighted by molar-refractivity contribution is -0.688. The van der Waals surface area contributed by atoms with Crippen molar-refractivity contribution in [2.45, 2.75) is 20.3 Å². The number of benzene rings is 1. The summed E-state index contributed by atoms with van der Waals surface area (Å²) in [4.78, 5) is 0. The molecule has 0 spiro atoms. The van der Waals surface area contributed by atoms with Crippen molar-refractivity contribution >= 4 is 5.69 Å². The van der Waals surface area contributed by atoms with Crippen LogP contribution in [-0.4, -0.2) is 7.05 Å². The van der Waals surface area contributed by atoms with Gasteiger partial charge >= 0.3 is 0 Å². The molecular weight excluding hydrogens is 244 g/mol. The molecule has 1 aromatic carbocycles. The van der Waals surface area contributed by atoms with Gasteiger partial charge in [0.05, 0.1) is 12.7 Å². The van der Waals surface area contributed by atoms with Gasteiger partial charge < -0.3 is 12.4 Å². The molecule has 0 amide bonds. The number of pyridine rings is 1. The highest BCUT2D eigenvalue weighted by molar-refractivity contribution is 5.42. The Kier molecular flexibility index (Phi) is 5.17. The maximum Gasteiger partial charge on any atom is 0.212 e. The van der Waals surface area contributed by atoms with Gasteiger partial charge in [-0.25, -0.2) is 0 Å². The number of para-hydroxylation sites is 1. The third-order valence-electron chi connectivity index (χ3n) is 2.98. The number of hydrogen-bond acceptors (Lipinski definition) is 1. The largest absolute Gasteiger partial charge is 1.00 e. The summed E-state index contributed by atoms with van der Waals surface area (Å²) in [5.41, 5.74) is 3.81. The van der Waals surface area contributed by atoms with Crippen molar-refractivity contribution in [2.75, 3.05) is 12.1 Å². The van der Waals surface area contributed by atoms with Crippen LogP contribution in [0, 0.1) is 6.92 Å². The van der Waals surface area contributed by atoms with Crippen molar-refractivity contribution in [3.63, 3.8) is 0 Å². The minimum Gasteiger partial charge on any atom is -1.00 e. The van der Waals surface area contributed by atoms with E-state index in [1.165, 1.54) is 16.9 Å². The van der Waals surface area contributed by atoms with E-state index in [4.69, 9.17) is 0 Å². The van der Waals surface area contributed by atoms with Crippen LogP contribution >= 0.6 is 0 Å². The molecule has 0 saturated carbocycles. The molecule has 2 rings (SSSR count). The molecule has 3 heteroatoms. The van der Waals surface area contributed by atoms with Crippen molar-refractivity contribution < 1.29 is 17.1 Å². The number of nitrogens with zero attached hydrogens (tertiary/aromatic N) is 2. The maximum atomic E-state index is 2.24. The lowest BCUT2D eigenvalue weighted by atomic mass is 10.2. The van der Waals surface area contributed by atoms with E-state index in [2.05, 4.69) is 73.2 Å². The quantitative estimate of drug-likeness (QED) is 0.692. The van der Waals surface area contributed by atoms with Crippen molar-refractivity contribution in [1.29, 1.82) is 0 Å². The fourth-order valence-corrected chi connectivity index (χ4v) is 1.99. The SMILES string of the molecule is CCc1cc(C)cc[n+]1N(C)c1ccccc1.[Cl-]. The van der Waals surface area contributed by atoms with Gasteiger partial charge in [0.25, 0.3) is 0 Å². The molecule has 0 atom stereocenters. The minimum atomic E-state index is 0. The van der Waals surface area contributed by atoms with Gasteiger partial charge in [-0.1, -0.05) is 29.8 Å². The number of rotatable bonds is 3. The topological polar surface area (TPSA) is 7.12 Å². The zero-order chi connectivity index (χ0) is 12.3. The summed E-state index contributed by atoms with van der Waals surface area (Å²) in [7, 11) is 2.09. The Labute approximate surface area is 115 Å². The standard InChI is InChI=1S/C15H19N2.ClH/c1-4-14-12-13(2)10-11-17(14)16(3)15-8-6-5-7-9-15;/h5-12H,4H2,1-3H3;1H/q+1;/p-1. The van der Waals surface area contributed by atoms with Gasteiger partial charge in [0.15, 0.2) is 0 Å². The van der Waals surface area contributed by atoms with E-state index >= 15 is 0 Å². The molecule has 0 aliphatic rings. The Morgan fingerprint density at radius 1 is 1.11 bits per heavy atom. The third kappa shape index (κ3) is 3.02. The van der Waals surface area contributed by atoms with Crippen molar-refractivity contribution in [3.8, 4) is 0 Å². The number of hydrogen-bond donors (Lipinski definition) is 0. The molecule has 0 saturated heterocycles. The van der Waals surface area contributed by atoms with Gasteiger partial charge in [0.1, 0.15) is 0 Å². The average molecular weight is 263 g/mol. The molecular formula is C15H19ClN2. The Bertz CT molecular complexity index is 497. The number of aromatic nitrogens is 1. The van der Waals surface area contributed by atoms with Crippen LogP contribution in [0.4, 0.5) is 5.69 Å². The second-order valence-corrected chi connectivity index (χ2v) is 4.25. The molecule has 0 aliphatic heterocycles. The Morgan fingerprint density at radius 3 is 2.39 bits per heavy atom. The first-order valence-corrected chi connectivity index (χ1v) is 6.02. The summed E-state index contributed by atoms with van der Waals surface area (Å²) in [5, 5.41) is 2.16. The first kappa shape index (κ1) is 14.5.